The number of hydrogen-bond acceptors (Lipinski definition) is 5. The van der Waals surface area contributed by atoms with Gasteiger partial charge >= 0.3 is 5.97 Å². The van der Waals surface area contributed by atoms with Gasteiger partial charge in [-0.15, -0.1) is 0 Å². The van der Waals surface area contributed by atoms with Crippen LogP contribution >= 0.6 is 0 Å². The van der Waals surface area contributed by atoms with Crippen molar-refractivity contribution in [1.82, 2.24) is 10.2 Å². The van der Waals surface area contributed by atoms with Crippen LogP contribution in [0.3, 0.4) is 0 Å². The van der Waals surface area contributed by atoms with Crippen LogP contribution in [-0.4, -0.2) is 55.7 Å². The lowest BCUT2D eigenvalue weighted by Gasteiger charge is -2.28. The number of esters is 1. The third-order valence-electron chi connectivity index (χ3n) is 5.98. The van der Waals surface area contributed by atoms with Gasteiger partial charge in [-0.05, 0) is 48.6 Å². The van der Waals surface area contributed by atoms with Gasteiger partial charge < -0.3 is 14.8 Å². The van der Waals surface area contributed by atoms with E-state index in [2.05, 4.69) is 34.5 Å². The molecule has 1 N–H and O–H groups in total. The molecule has 2 aliphatic rings. The zero-order valence-corrected chi connectivity index (χ0v) is 16.8. The summed E-state index contributed by atoms with van der Waals surface area (Å²) in [5, 5.41) is 3.09. The number of carbonyl (C=O) groups excluding carboxylic acids is 2. The number of amides is 1. The third-order valence-corrected chi connectivity index (χ3v) is 5.98. The normalized spacial score (nSPS) is 21.6. The Hall–Kier alpha value is -2.86. The molecule has 0 saturated carbocycles. The number of ether oxygens (including phenoxy) is 2. The fourth-order valence-electron chi connectivity index (χ4n) is 4.54. The molecular weight excluding hydrogens is 368 g/mol. The number of rotatable bonds is 5. The predicted molar refractivity (Wildman–Crippen MR) is 109 cm³/mol. The quantitative estimate of drug-likeness (QED) is 0.788. The zero-order valence-electron chi connectivity index (χ0n) is 16.8. The molecular formula is C23H26N2O4. The van der Waals surface area contributed by atoms with Crippen molar-refractivity contribution in [2.24, 2.45) is 0 Å². The third kappa shape index (κ3) is 3.98. The van der Waals surface area contributed by atoms with Crippen molar-refractivity contribution >= 4 is 11.9 Å². The monoisotopic (exact) mass is 394 g/mol. The van der Waals surface area contributed by atoms with Crippen LogP contribution in [-0.2, 0) is 22.4 Å². The van der Waals surface area contributed by atoms with Crippen molar-refractivity contribution in [3.63, 3.8) is 0 Å². The summed E-state index contributed by atoms with van der Waals surface area (Å²) in [7, 11) is 3.00. The van der Waals surface area contributed by atoms with E-state index in [-0.39, 0.29) is 30.0 Å². The minimum Gasteiger partial charge on any atom is -0.497 e. The molecule has 2 aromatic carbocycles. The fourth-order valence-corrected chi connectivity index (χ4v) is 4.54. The lowest BCUT2D eigenvalue weighted by Crippen LogP contribution is -2.45. The summed E-state index contributed by atoms with van der Waals surface area (Å²) >= 11 is 0. The number of methoxy groups -OCH3 is 2. The van der Waals surface area contributed by atoms with Crippen LogP contribution < -0.4 is 10.1 Å². The predicted octanol–water partition coefficient (Wildman–Crippen LogP) is 2.21. The van der Waals surface area contributed by atoms with Crippen LogP contribution in [0.1, 0.15) is 27.9 Å². The summed E-state index contributed by atoms with van der Waals surface area (Å²) in [6.07, 6.45) is 2.38. The van der Waals surface area contributed by atoms with Crippen LogP contribution in [0, 0.1) is 0 Å². The largest absolute Gasteiger partial charge is 0.497 e. The highest BCUT2D eigenvalue weighted by molar-refractivity contribution is 5.94. The maximum Gasteiger partial charge on any atom is 0.323 e. The summed E-state index contributed by atoms with van der Waals surface area (Å²) in [6.45, 7) is 0.633. The van der Waals surface area contributed by atoms with Gasteiger partial charge in [0.1, 0.15) is 11.8 Å². The van der Waals surface area contributed by atoms with Gasteiger partial charge in [0.25, 0.3) is 5.91 Å². The molecule has 0 bridgehead atoms. The van der Waals surface area contributed by atoms with Crippen LogP contribution in [0.25, 0.3) is 0 Å². The number of carbonyl (C=O) groups is 2. The van der Waals surface area contributed by atoms with Gasteiger partial charge in [0.15, 0.2) is 0 Å². The molecule has 1 aliphatic heterocycles. The van der Waals surface area contributed by atoms with E-state index in [0.717, 1.165) is 12.8 Å². The molecule has 1 aliphatic carbocycles. The van der Waals surface area contributed by atoms with Gasteiger partial charge in [0.2, 0.25) is 0 Å². The second kappa shape index (κ2) is 8.25. The maximum atomic E-state index is 12.7. The number of fused-ring (bicyclic) bond motifs is 1. The highest BCUT2D eigenvalue weighted by Crippen LogP contribution is 2.31. The summed E-state index contributed by atoms with van der Waals surface area (Å²) in [4.78, 5) is 27.4. The second-order valence-corrected chi connectivity index (χ2v) is 7.70. The first-order valence-electron chi connectivity index (χ1n) is 9.94. The van der Waals surface area contributed by atoms with E-state index in [9.17, 15) is 9.59 Å². The van der Waals surface area contributed by atoms with Crippen LogP contribution in [0.15, 0.2) is 48.5 Å². The van der Waals surface area contributed by atoms with E-state index in [1.54, 1.807) is 31.4 Å². The summed E-state index contributed by atoms with van der Waals surface area (Å²) < 4.78 is 10.3. The summed E-state index contributed by atoms with van der Waals surface area (Å²) in [5.41, 5.74) is 3.22. The number of hydrogen-bond donors (Lipinski definition) is 1. The molecule has 1 heterocycles. The molecule has 1 saturated heterocycles. The molecule has 1 amide bonds. The van der Waals surface area contributed by atoms with Gasteiger partial charge in [-0.1, -0.05) is 30.3 Å². The van der Waals surface area contributed by atoms with E-state index < -0.39 is 0 Å². The van der Waals surface area contributed by atoms with Gasteiger partial charge in [0, 0.05) is 24.2 Å². The molecule has 1 fully saturated rings. The Bertz CT molecular complexity index is 888. The smallest absolute Gasteiger partial charge is 0.323 e. The Labute approximate surface area is 170 Å². The molecule has 2 aromatic rings. The van der Waals surface area contributed by atoms with E-state index in [0.29, 0.717) is 24.3 Å². The van der Waals surface area contributed by atoms with Gasteiger partial charge in [-0.25, -0.2) is 0 Å². The second-order valence-electron chi connectivity index (χ2n) is 7.70. The van der Waals surface area contributed by atoms with E-state index >= 15 is 0 Å². The molecule has 0 spiro atoms. The Morgan fingerprint density at radius 1 is 1.03 bits per heavy atom. The Kier molecular flexibility index (Phi) is 5.53. The molecule has 0 unspecified atom stereocenters. The SMILES string of the molecule is COC(=O)[C@@H]1C[C@H](NC(=O)c2cccc(OC)c2)CN1C1Cc2ccccc2C1. The average Bonchev–Trinajstić information content (AvgIpc) is 3.37. The zero-order chi connectivity index (χ0) is 20.4. The number of benzene rings is 2. The van der Waals surface area contributed by atoms with E-state index in [4.69, 9.17) is 9.47 Å². The topological polar surface area (TPSA) is 67.9 Å². The van der Waals surface area contributed by atoms with Crippen molar-refractivity contribution in [3.8, 4) is 5.75 Å². The van der Waals surface area contributed by atoms with Crippen LogP contribution in [0.4, 0.5) is 0 Å². The van der Waals surface area contributed by atoms with Gasteiger partial charge in [0.05, 0.1) is 14.2 Å². The summed E-state index contributed by atoms with van der Waals surface area (Å²) in [5.74, 6) is 0.245. The minimum atomic E-state index is -0.338. The highest BCUT2D eigenvalue weighted by atomic mass is 16.5. The molecule has 152 valence electrons. The molecule has 4 rings (SSSR count). The fraction of sp³-hybridized carbons (Fsp3) is 0.391. The number of nitrogens with zero attached hydrogens (tertiary/aromatic N) is 1. The Morgan fingerprint density at radius 2 is 1.76 bits per heavy atom. The van der Waals surface area contributed by atoms with Crippen LogP contribution in [0.5, 0.6) is 5.75 Å². The maximum absolute atomic E-state index is 12.7. The first kappa shape index (κ1) is 19.5. The Morgan fingerprint density at radius 3 is 2.41 bits per heavy atom. The molecule has 6 nitrogen and oxygen atoms in total. The number of likely N-dealkylation sites (tertiary alicyclic amines) is 1. The molecule has 0 aromatic heterocycles. The molecule has 6 heteroatoms. The van der Waals surface area contributed by atoms with Crippen molar-refractivity contribution in [2.45, 2.75) is 37.4 Å². The first-order chi connectivity index (χ1) is 14.1. The first-order valence-corrected chi connectivity index (χ1v) is 9.94. The van der Waals surface area contributed by atoms with Gasteiger partial charge in [-0.2, -0.15) is 0 Å². The van der Waals surface area contributed by atoms with Crippen molar-refractivity contribution in [3.05, 3.63) is 65.2 Å². The van der Waals surface area contributed by atoms with Crippen molar-refractivity contribution in [1.29, 1.82) is 0 Å². The molecule has 0 radical (unpaired) electrons. The Balaban J connectivity index is 1.47. The lowest BCUT2D eigenvalue weighted by atomic mass is 10.1. The van der Waals surface area contributed by atoms with E-state index in [1.165, 1.54) is 18.2 Å². The standard InChI is InChI=1S/C23H26N2O4/c1-28-20-9-5-8-17(12-20)22(26)24-18-13-21(23(27)29-2)25(14-18)19-10-15-6-3-4-7-16(15)11-19/h3-9,12,18-19,21H,10-11,13-14H2,1-2H3,(H,24,26)/t18-,21-/m0/s1. The van der Waals surface area contributed by atoms with Crippen molar-refractivity contribution in [2.75, 3.05) is 20.8 Å². The lowest BCUT2D eigenvalue weighted by molar-refractivity contribution is -0.146. The molecule has 2 atom stereocenters. The minimum absolute atomic E-state index is 0.110. The summed E-state index contributed by atoms with van der Waals surface area (Å²) in [6, 6.07) is 15.3. The van der Waals surface area contributed by atoms with Gasteiger partial charge in [-0.3, -0.25) is 14.5 Å². The van der Waals surface area contributed by atoms with E-state index in [1.807, 2.05) is 0 Å². The molecule has 29 heavy (non-hydrogen) atoms. The van der Waals surface area contributed by atoms with Crippen molar-refractivity contribution < 1.29 is 19.1 Å². The average molecular weight is 394 g/mol. The highest BCUT2D eigenvalue weighted by Gasteiger charge is 2.43. The number of nitrogens with one attached hydrogen (secondary N) is 1. The van der Waals surface area contributed by atoms with Crippen LogP contribution in [0.2, 0.25) is 0 Å².